The van der Waals surface area contributed by atoms with E-state index in [4.69, 9.17) is 4.74 Å². The molecule has 5 rings (SSSR count). The molecule has 6 nitrogen and oxygen atoms in total. The molecule has 0 saturated carbocycles. The van der Waals surface area contributed by atoms with E-state index in [0.29, 0.717) is 12.0 Å². The summed E-state index contributed by atoms with van der Waals surface area (Å²) in [6, 6.07) is 25.0. The Morgan fingerprint density at radius 1 is 1.05 bits per heavy atom. The lowest BCUT2D eigenvalue weighted by atomic mass is 9.84. The highest BCUT2D eigenvalue weighted by molar-refractivity contribution is 5.98. The largest absolute Gasteiger partial charge is 0.497 e. The van der Waals surface area contributed by atoms with E-state index < -0.39 is 0 Å². The number of fused-ring (bicyclic) bond motifs is 1. The standard InChI is InChI=1S/C31H36N4O2/c1-33(22-26-11-6-7-16-32-26)29(20-23-9-8-12-27(19-23)37-3)24-14-17-35(18-15-24)31(36)30-21-25-10-4-5-13-28(25)34(30)2/h4-13,16,19,21,24,29H,14-15,17-18,20,22H2,1-3H3. The summed E-state index contributed by atoms with van der Waals surface area (Å²) in [4.78, 5) is 22.5. The third-order valence-corrected chi connectivity index (χ3v) is 7.82. The van der Waals surface area contributed by atoms with Crippen LogP contribution in [0.4, 0.5) is 0 Å². The smallest absolute Gasteiger partial charge is 0.270 e. The first kappa shape index (κ1) is 25.0. The Kier molecular flexibility index (Phi) is 7.56. The number of carbonyl (C=O) groups is 1. The van der Waals surface area contributed by atoms with Crippen LogP contribution in [0.1, 0.15) is 34.6 Å². The molecule has 192 valence electrons. The summed E-state index contributed by atoms with van der Waals surface area (Å²) in [5.41, 5.74) is 4.20. The summed E-state index contributed by atoms with van der Waals surface area (Å²) < 4.78 is 7.51. The number of piperidine rings is 1. The van der Waals surface area contributed by atoms with Crippen LogP contribution in [-0.2, 0) is 20.0 Å². The number of methoxy groups -OCH3 is 1. The van der Waals surface area contributed by atoms with Crippen molar-refractivity contribution < 1.29 is 9.53 Å². The molecule has 0 spiro atoms. The van der Waals surface area contributed by atoms with Crippen molar-refractivity contribution in [1.29, 1.82) is 0 Å². The molecule has 1 saturated heterocycles. The van der Waals surface area contributed by atoms with Crippen molar-refractivity contribution in [2.24, 2.45) is 13.0 Å². The van der Waals surface area contributed by atoms with Gasteiger partial charge in [0.15, 0.2) is 0 Å². The second kappa shape index (κ2) is 11.2. The van der Waals surface area contributed by atoms with Gasteiger partial charge in [-0.15, -0.1) is 0 Å². The Bertz CT molecular complexity index is 1340. The molecule has 1 fully saturated rings. The number of hydrogen-bond donors (Lipinski definition) is 0. The van der Waals surface area contributed by atoms with Crippen LogP contribution < -0.4 is 4.74 Å². The minimum Gasteiger partial charge on any atom is -0.497 e. The fraction of sp³-hybridized carbons (Fsp3) is 0.355. The maximum absolute atomic E-state index is 13.5. The van der Waals surface area contributed by atoms with Crippen LogP contribution in [0.15, 0.2) is 79.0 Å². The van der Waals surface area contributed by atoms with E-state index in [2.05, 4.69) is 53.3 Å². The van der Waals surface area contributed by atoms with Gasteiger partial charge in [-0.3, -0.25) is 14.7 Å². The molecule has 3 heterocycles. The Balaban J connectivity index is 1.31. The number of benzene rings is 2. The summed E-state index contributed by atoms with van der Waals surface area (Å²) in [6.45, 7) is 2.35. The molecule has 0 radical (unpaired) electrons. The molecule has 2 aromatic carbocycles. The lowest BCUT2D eigenvalue weighted by molar-refractivity contribution is 0.0593. The second-order valence-corrected chi connectivity index (χ2v) is 10.1. The van der Waals surface area contributed by atoms with E-state index in [1.165, 1.54) is 5.56 Å². The Labute approximate surface area is 219 Å². The third kappa shape index (κ3) is 5.54. The predicted molar refractivity (Wildman–Crippen MR) is 148 cm³/mol. The highest BCUT2D eigenvalue weighted by Gasteiger charge is 2.32. The minimum atomic E-state index is 0.128. The Morgan fingerprint density at radius 2 is 1.84 bits per heavy atom. The molecule has 1 aliphatic heterocycles. The molecule has 0 bridgehead atoms. The number of hydrogen-bond acceptors (Lipinski definition) is 4. The second-order valence-electron chi connectivity index (χ2n) is 10.1. The van der Waals surface area contributed by atoms with Gasteiger partial charge in [-0.2, -0.15) is 0 Å². The minimum absolute atomic E-state index is 0.128. The molecule has 2 aromatic heterocycles. The average Bonchev–Trinajstić information content (AvgIpc) is 3.28. The molecule has 1 aliphatic rings. The zero-order valence-electron chi connectivity index (χ0n) is 22.0. The topological polar surface area (TPSA) is 50.6 Å². The first-order valence-electron chi connectivity index (χ1n) is 13.1. The number of ether oxygens (including phenoxy) is 1. The van der Waals surface area contributed by atoms with Crippen molar-refractivity contribution in [3.05, 3.63) is 95.9 Å². The van der Waals surface area contributed by atoms with E-state index >= 15 is 0 Å². The molecule has 0 aliphatic carbocycles. The highest BCUT2D eigenvalue weighted by Crippen LogP contribution is 2.29. The molecule has 4 aromatic rings. The van der Waals surface area contributed by atoms with Crippen LogP contribution in [0.2, 0.25) is 0 Å². The van der Waals surface area contributed by atoms with Gasteiger partial charge in [-0.25, -0.2) is 0 Å². The summed E-state index contributed by atoms with van der Waals surface area (Å²) in [5.74, 6) is 1.50. The van der Waals surface area contributed by atoms with Gasteiger partial charge in [0, 0.05) is 49.8 Å². The van der Waals surface area contributed by atoms with Gasteiger partial charge >= 0.3 is 0 Å². The van der Waals surface area contributed by atoms with Crippen LogP contribution in [0.25, 0.3) is 10.9 Å². The first-order valence-corrected chi connectivity index (χ1v) is 13.1. The van der Waals surface area contributed by atoms with E-state index in [1.54, 1.807) is 7.11 Å². The lowest BCUT2D eigenvalue weighted by Crippen LogP contribution is -2.46. The van der Waals surface area contributed by atoms with E-state index in [0.717, 1.165) is 66.9 Å². The highest BCUT2D eigenvalue weighted by atomic mass is 16.5. The van der Waals surface area contributed by atoms with Crippen molar-refractivity contribution >= 4 is 16.8 Å². The maximum atomic E-state index is 13.5. The molecule has 0 N–H and O–H groups in total. The zero-order chi connectivity index (χ0) is 25.8. The summed E-state index contributed by atoms with van der Waals surface area (Å²) in [5, 5.41) is 1.11. The van der Waals surface area contributed by atoms with Crippen molar-refractivity contribution in [2.75, 3.05) is 27.2 Å². The van der Waals surface area contributed by atoms with E-state index in [9.17, 15) is 4.79 Å². The Morgan fingerprint density at radius 3 is 2.57 bits per heavy atom. The molecular formula is C31H36N4O2. The van der Waals surface area contributed by atoms with Crippen molar-refractivity contribution in [1.82, 2.24) is 19.4 Å². The molecule has 1 unspecified atom stereocenters. The van der Waals surface area contributed by atoms with Gasteiger partial charge in [-0.1, -0.05) is 36.4 Å². The fourth-order valence-corrected chi connectivity index (χ4v) is 5.73. The van der Waals surface area contributed by atoms with Crippen LogP contribution in [-0.4, -0.2) is 58.5 Å². The summed E-state index contributed by atoms with van der Waals surface area (Å²) in [6.07, 6.45) is 4.76. The van der Waals surface area contributed by atoms with Crippen LogP contribution in [0.3, 0.4) is 0 Å². The normalized spacial score (nSPS) is 15.3. The number of likely N-dealkylation sites (N-methyl/N-ethyl adjacent to an activating group) is 1. The van der Waals surface area contributed by atoms with Gasteiger partial charge in [0.05, 0.1) is 12.8 Å². The van der Waals surface area contributed by atoms with Gasteiger partial charge in [0.1, 0.15) is 11.4 Å². The van der Waals surface area contributed by atoms with Crippen molar-refractivity contribution in [3.63, 3.8) is 0 Å². The summed E-state index contributed by atoms with van der Waals surface area (Å²) >= 11 is 0. The molecule has 6 heteroatoms. The monoisotopic (exact) mass is 496 g/mol. The molecular weight excluding hydrogens is 460 g/mol. The number of rotatable bonds is 8. The van der Waals surface area contributed by atoms with Gasteiger partial charge < -0.3 is 14.2 Å². The quantitative estimate of drug-likeness (QED) is 0.337. The maximum Gasteiger partial charge on any atom is 0.270 e. The first-order chi connectivity index (χ1) is 18.0. The zero-order valence-corrected chi connectivity index (χ0v) is 22.0. The molecule has 1 amide bonds. The number of nitrogens with zero attached hydrogens (tertiary/aromatic N) is 4. The number of amides is 1. The number of aryl methyl sites for hydroxylation is 1. The van der Waals surface area contributed by atoms with Crippen LogP contribution in [0.5, 0.6) is 5.75 Å². The van der Waals surface area contributed by atoms with Gasteiger partial charge in [0.25, 0.3) is 5.91 Å². The van der Waals surface area contributed by atoms with Crippen molar-refractivity contribution in [3.8, 4) is 5.75 Å². The van der Waals surface area contributed by atoms with Crippen molar-refractivity contribution in [2.45, 2.75) is 31.8 Å². The SMILES string of the molecule is COc1cccc(CC(C2CCN(C(=O)c3cc4ccccc4n3C)CC2)N(C)Cc2ccccn2)c1. The van der Waals surface area contributed by atoms with Crippen LogP contribution >= 0.6 is 0 Å². The van der Waals surface area contributed by atoms with Crippen LogP contribution in [0, 0.1) is 5.92 Å². The Hall–Kier alpha value is -3.64. The lowest BCUT2D eigenvalue weighted by Gasteiger charge is -2.40. The predicted octanol–water partition coefficient (Wildman–Crippen LogP) is 5.18. The fourth-order valence-electron chi connectivity index (χ4n) is 5.73. The van der Waals surface area contributed by atoms with E-state index in [1.807, 2.05) is 59.1 Å². The van der Waals surface area contributed by atoms with E-state index in [-0.39, 0.29) is 5.91 Å². The summed E-state index contributed by atoms with van der Waals surface area (Å²) in [7, 11) is 5.90. The molecule has 1 atom stereocenters. The number of para-hydroxylation sites is 1. The van der Waals surface area contributed by atoms with Gasteiger partial charge in [-0.05, 0) is 74.2 Å². The van der Waals surface area contributed by atoms with Gasteiger partial charge in [0.2, 0.25) is 0 Å². The number of carbonyl (C=O) groups excluding carboxylic acids is 1. The number of aromatic nitrogens is 2. The average molecular weight is 497 g/mol. The number of likely N-dealkylation sites (tertiary alicyclic amines) is 1. The third-order valence-electron chi connectivity index (χ3n) is 7.82. The number of pyridine rings is 1. The molecule has 37 heavy (non-hydrogen) atoms.